The van der Waals surface area contributed by atoms with Crippen LogP contribution in [-0.4, -0.2) is 30.8 Å². The Bertz CT molecular complexity index is 255. The van der Waals surface area contributed by atoms with Crippen LogP contribution in [0, 0.1) is 0 Å². The molecule has 1 aliphatic carbocycles. The summed E-state index contributed by atoms with van der Waals surface area (Å²) >= 11 is 0. The summed E-state index contributed by atoms with van der Waals surface area (Å²) in [5.74, 6) is 0.597. The van der Waals surface area contributed by atoms with Gasteiger partial charge < -0.3 is 15.8 Å². The van der Waals surface area contributed by atoms with Gasteiger partial charge in [-0.15, -0.1) is 0 Å². The van der Waals surface area contributed by atoms with Crippen molar-refractivity contribution in [2.24, 2.45) is 10.7 Å². The quantitative estimate of drug-likeness (QED) is 0.583. The summed E-state index contributed by atoms with van der Waals surface area (Å²) in [5.41, 5.74) is 5.96. The first kappa shape index (κ1) is 12.7. The zero-order valence-corrected chi connectivity index (χ0v) is 10.8. The Kier molecular flexibility index (Phi) is 4.66. The number of ether oxygens (including phenoxy) is 1. The largest absolute Gasteiger partial charge is 0.376 e. The maximum absolute atomic E-state index is 5.96. The predicted octanol–water partition coefficient (Wildman–Crippen LogP) is 1.79. The van der Waals surface area contributed by atoms with Gasteiger partial charge in [-0.2, -0.15) is 0 Å². The van der Waals surface area contributed by atoms with Crippen molar-refractivity contribution >= 4 is 5.96 Å². The van der Waals surface area contributed by atoms with Crippen LogP contribution in [-0.2, 0) is 4.74 Å². The van der Waals surface area contributed by atoms with E-state index in [2.05, 4.69) is 17.2 Å². The molecule has 98 valence electrons. The SMILES string of the molecule is CC(NC(N)=NC1CCCCC1)C1CCCO1. The molecule has 3 N–H and O–H groups in total. The number of nitrogens with zero attached hydrogens (tertiary/aromatic N) is 1. The number of guanidine groups is 1. The maximum Gasteiger partial charge on any atom is 0.189 e. The third-order valence-corrected chi connectivity index (χ3v) is 3.79. The van der Waals surface area contributed by atoms with E-state index in [0.29, 0.717) is 18.1 Å². The fourth-order valence-electron chi connectivity index (χ4n) is 2.77. The third-order valence-electron chi connectivity index (χ3n) is 3.79. The molecule has 0 aromatic heterocycles. The van der Waals surface area contributed by atoms with Gasteiger partial charge in [-0.05, 0) is 32.6 Å². The number of hydrogen-bond acceptors (Lipinski definition) is 2. The summed E-state index contributed by atoms with van der Waals surface area (Å²) in [5, 5.41) is 3.27. The average Bonchev–Trinajstić information content (AvgIpc) is 2.83. The summed E-state index contributed by atoms with van der Waals surface area (Å²) in [6.07, 6.45) is 8.92. The van der Waals surface area contributed by atoms with E-state index < -0.39 is 0 Å². The molecule has 2 fully saturated rings. The first-order valence-corrected chi connectivity index (χ1v) is 6.97. The summed E-state index contributed by atoms with van der Waals surface area (Å²) < 4.78 is 5.63. The Labute approximate surface area is 104 Å². The lowest BCUT2D eigenvalue weighted by atomic mass is 9.96. The first-order chi connectivity index (χ1) is 8.25. The molecular weight excluding hydrogens is 214 g/mol. The van der Waals surface area contributed by atoms with E-state index in [1.165, 1.54) is 32.1 Å². The molecule has 4 heteroatoms. The molecular formula is C13H25N3O. The average molecular weight is 239 g/mol. The molecule has 2 aliphatic rings. The number of nitrogens with two attached hydrogens (primary N) is 1. The highest BCUT2D eigenvalue weighted by Gasteiger charge is 2.22. The molecule has 0 aromatic rings. The summed E-state index contributed by atoms with van der Waals surface area (Å²) in [6.45, 7) is 3.01. The highest BCUT2D eigenvalue weighted by atomic mass is 16.5. The van der Waals surface area contributed by atoms with Crippen molar-refractivity contribution in [3.63, 3.8) is 0 Å². The molecule has 0 radical (unpaired) electrons. The minimum Gasteiger partial charge on any atom is -0.376 e. The predicted molar refractivity (Wildman–Crippen MR) is 70.1 cm³/mol. The fourth-order valence-corrected chi connectivity index (χ4v) is 2.77. The Morgan fingerprint density at radius 2 is 2.00 bits per heavy atom. The van der Waals surface area contributed by atoms with Crippen LogP contribution >= 0.6 is 0 Å². The van der Waals surface area contributed by atoms with Crippen LogP contribution in [0.5, 0.6) is 0 Å². The first-order valence-electron chi connectivity index (χ1n) is 6.97. The van der Waals surface area contributed by atoms with Crippen LogP contribution in [0.2, 0.25) is 0 Å². The summed E-state index contributed by atoms with van der Waals surface area (Å²) in [6, 6.07) is 0.706. The second-order valence-electron chi connectivity index (χ2n) is 5.29. The molecule has 1 saturated carbocycles. The van der Waals surface area contributed by atoms with Crippen LogP contribution in [0.15, 0.2) is 4.99 Å². The van der Waals surface area contributed by atoms with Crippen molar-refractivity contribution in [3.8, 4) is 0 Å². The zero-order valence-electron chi connectivity index (χ0n) is 10.8. The molecule has 2 atom stereocenters. The molecule has 0 amide bonds. The summed E-state index contributed by atoms with van der Waals surface area (Å²) in [7, 11) is 0. The number of hydrogen-bond donors (Lipinski definition) is 2. The van der Waals surface area contributed by atoms with E-state index in [0.717, 1.165) is 19.4 Å². The van der Waals surface area contributed by atoms with Gasteiger partial charge in [-0.25, -0.2) is 0 Å². The molecule has 2 rings (SSSR count). The van der Waals surface area contributed by atoms with Gasteiger partial charge in [-0.3, -0.25) is 4.99 Å². The lowest BCUT2D eigenvalue weighted by molar-refractivity contribution is 0.0892. The van der Waals surface area contributed by atoms with Crippen LogP contribution in [0.25, 0.3) is 0 Å². The zero-order chi connectivity index (χ0) is 12.1. The van der Waals surface area contributed by atoms with Gasteiger partial charge in [0, 0.05) is 6.61 Å². The lowest BCUT2D eigenvalue weighted by Gasteiger charge is -2.22. The molecule has 17 heavy (non-hydrogen) atoms. The topological polar surface area (TPSA) is 59.6 Å². The lowest BCUT2D eigenvalue weighted by Crippen LogP contribution is -2.45. The Hall–Kier alpha value is -0.770. The van der Waals surface area contributed by atoms with Gasteiger partial charge in [-0.1, -0.05) is 19.3 Å². The Balaban J connectivity index is 1.78. The fraction of sp³-hybridized carbons (Fsp3) is 0.923. The normalized spacial score (nSPS) is 29.2. The Morgan fingerprint density at radius 1 is 1.24 bits per heavy atom. The van der Waals surface area contributed by atoms with Crippen molar-refractivity contribution < 1.29 is 4.74 Å². The van der Waals surface area contributed by atoms with Crippen LogP contribution < -0.4 is 11.1 Å². The van der Waals surface area contributed by atoms with Crippen molar-refractivity contribution in [3.05, 3.63) is 0 Å². The second kappa shape index (κ2) is 6.24. The van der Waals surface area contributed by atoms with E-state index in [1.807, 2.05) is 0 Å². The minimum atomic E-state index is 0.268. The van der Waals surface area contributed by atoms with Crippen LogP contribution in [0.1, 0.15) is 51.9 Å². The van der Waals surface area contributed by atoms with Crippen molar-refractivity contribution in [2.75, 3.05) is 6.61 Å². The molecule has 0 aromatic carbocycles. The standard InChI is InChI=1S/C13H25N3O/c1-10(12-8-5-9-17-12)15-13(14)16-11-6-3-2-4-7-11/h10-12H,2-9H2,1H3,(H3,14,15,16). The second-order valence-corrected chi connectivity index (χ2v) is 5.29. The highest BCUT2D eigenvalue weighted by molar-refractivity contribution is 5.78. The van der Waals surface area contributed by atoms with Crippen molar-refractivity contribution in [2.45, 2.75) is 70.1 Å². The monoisotopic (exact) mass is 239 g/mol. The van der Waals surface area contributed by atoms with E-state index >= 15 is 0 Å². The summed E-state index contributed by atoms with van der Waals surface area (Å²) in [4.78, 5) is 4.58. The molecule has 4 nitrogen and oxygen atoms in total. The Morgan fingerprint density at radius 3 is 2.65 bits per heavy atom. The minimum absolute atomic E-state index is 0.268. The highest BCUT2D eigenvalue weighted by Crippen LogP contribution is 2.20. The van der Waals surface area contributed by atoms with Gasteiger partial charge >= 0.3 is 0 Å². The van der Waals surface area contributed by atoms with E-state index in [1.54, 1.807) is 0 Å². The van der Waals surface area contributed by atoms with Gasteiger partial charge in [0.1, 0.15) is 0 Å². The molecule has 1 saturated heterocycles. The van der Waals surface area contributed by atoms with Crippen molar-refractivity contribution in [1.82, 2.24) is 5.32 Å². The molecule has 0 bridgehead atoms. The maximum atomic E-state index is 5.96. The van der Waals surface area contributed by atoms with Crippen LogP contribution in [0.3, 0.4) is 0 Å². The molecule has 2 unspecified atom stereocenters. The van der Waals surface area contributed by atoms with Crippen LogP contribution in [0.4, 0.5) is 0 Å². The molecule has 0 spiro atoms. The van der Waals surface area contributed by atoms with E-state index in [-0.39, 0.29) is 6.04 Å². The van der Waals surface area contributed by atoms with Gasteiger partial charge in [0.25, 0.3) is 0 Å². The smallest absolute Gasteiger partial charge is 0.189 e. The number of aliphatic imine (C=N–C) groups is 1. The van der Waals surface area contributed by atoms with Crippen molar-refractivity contribution in [1.29, 1.82) is 0 Å². The number of rotatable bonds is 3. The third kappa shape index (κ3) is 3.87. The van der Waals surface area contributed by atoms with E-state index in [9.17, 15) is 0 Å². The van der Waals surface area contributed by atoms with Gasteiger partial charge in [0.05, 0.1) is 18.2 Å². The number of nitrogens with one attached hydrogen (secondary N) is 1. The molecule has 1 aliphatic heterocycles. The van der Waals surface area contributed by atoms with Gasteiger partial charge in [0.2, 0.25) is 0 Å². The van der Waals surface area contributed by atoms with E-state index in [4.69, 9.17) is 10.5 Å². The van der Waals surface area contributed by atoms with Gasteiger partial charge in [0.15, 0.2) is 5.96 Å². The molecule has 1 heterocycles.